The standard InChI is InChI=1S/C23H21F2N7O/c1-15-8-17(11-27-10-15)29-21-28-6-2-19(30-21)16-3-7-32(12-16)22(4-5-26)13-31(14-22)20(33)18-9-23(18,24)25/h2-3,6-8,10-12,18H,4,9,13-14H2,1H3,(H,28,29,30)/t18-/m0/s1. The molecule has 2 aliphatic rings. The Bertz CT molecular complexity index is 1260. The molecule has 0 bridgehead atoms. The van der Waals surface area contributed by atoms with Crippen LogP contribution in [0.5, 0.6) is 0 Å². The first kappa shape index (κ1) is 21.0. The van der Waals surface area contributed by atoms with Crippen LogP contribution in [0.3, 0.4) is 0 Å². The molecule has 1 N–H and O–H groups in total. The summed E-state index contributed by atoms with van der Waals surface area (Å²) < 4.78 is 28.5. The van der Waals surface area contributed by atoms with Gasteiger partial charge in [-0.2, -0.15) is 5.26 Å². The number of pyridine rings is 1. The van der Waals surface area contributed by atoms with Gasteiger partial charge in [0.25, 0.3) is 5.92 Å². The SMILES string of the molecule is Cc1cncc(Nc2nccc(-c3ccn(C4(CC#N)CN(C(=O)[C@@H]5CC5(F)F)C4)c3)n2)c1. The summed E-state index contributed by atoms with van der Waals surface area (Å²) in [5, 5.41) is 12.5. The van der Waals surface area contributed by atoms with Crippen LogP contribution in [0.1, 0.15) is 18.4 Å². The Kier molecular flexibility index (Phi) is 4.85. The molecule has 168 valence electrons. The van der Waals surface area contributed by atoms with Crippen molar-refractivity contribution >= 4 is 17.5 Å². The van der Waals surface area contributed by atoms with E-state index in [1.54, 1.807) is 24.7 Å². The molecule has 0 aromatic carbocycles. The molecule has 2 fully saturated rings. The van der Waals surface area contributed by atoms with Gasteiger partial charge in [0.2, 0.25) is 11.9 Å². The van der Waals surface area contributed by atoms with Gasteiger partial charge in [0, 0.05) is 49.9 Å². The van der Waals surface area contributed by atoms with Crippen molar-refractivity contribution in [3.05, 3.63) is 54.7 Å². The Hall–Kier alpha value is -3.87. The number of carbonyl (C=O) groups excluding carboxylic acids is 1. The Morgan fingerprint density at radius 3 is 2.82 bits per heavy atom. The van der Waals surface area contributed by atoms with Crippen LogP contribution in [-0.4, -0.2) is 49.3 Å². The summed E-state index contributed by atoms with van der Waals surface area (Å²) in [4.78, 5) is 26.7. The minimum Gasteiger partial charge on any atom is -0.343 e. The molecule has 1 aliphatic carbocycles. The molecular weight excluding hydrogens is 428 g/mol. The summed E-state index contributed by atoms with van der Waals surface area (Å²) in [7, 11) is 0. The smallest absolute Gasteiger partial charge is 0.260 e. The van der Waals surface area contributed by atoms with Gasteiger partial charge in [-0.25, -0.2) is 18.7 Å². The van der Waals surface area contributed by atoms with Crippen LogP contribution in [0.2, 0.25) is 0 Å². The highest BCUT2D eigenvalue weighted by atomic mass is 19.3. The van der Waals surface area contributed by atoms with E-state index < -0.39 is 23.3 Å². The van der Waals surface area contributed by atoms with Crippen LogP contribution in [0, 0.1) is 24.2 Å². The fourth-order valence-corrected chi connectivity index (χ4v) is 4.21. The number of likely N-dealkylation sites (tertiary alicyclic amines) is 1. The van der Waals surface area contributed by atoms with Gasteiger partial charge in [0.1, 0.15) is 5.92 Å². The lowest BCUT2D eigenvalue weighted by Gasteiger charge is -2.50. The third-order valence-electron chi connectivity index (χ3n) is 6.14. The maximum Gasteiger partial charge on any atom is 0.260 e. The van der Waals surface area contributed by atoms with Crippen LogP contribution in [-0.2, 0) is 10.3 Å². The molecule has 1 aliphatic heterocycles. The molecule has 1 amide bonds. The van der Waals surface area contributed by atoms with Crippen molar-refractivity contribution in [3.8, 4) is 17.3 Å². The van der Waals surface area contributed by atoms with Crippen LogP contribution in [0.4, 0.5) is 20.4 Å². The van der Waals surface area contributed by atoms with Gasteiger partial charge >= 0.3 is 0 Å². The lowest BCUT2D eigenvalue weighted by molar-refractivity contribution is -0.145. The second-order valence-electron chi connectivity index (χ2n) is 8.72. The number of carbonyl (C=O) groups is 1. The largest absolute Gasteiger partial charge is 0.343 e. The number of rotatable bonds is 6. The third-order valence-corrected chi connectivity index (χ3v) is 6.14. The monoisotopic (exact) mass is 449 g/mol. The number of anilines is 2. The van der Waals surface area contributed by atoms with Crippen molar-refractivity contribution < 1.29 is 13.6 Å². The van der Waals surface area contributed by atoms with E-state index in [9.17, 15) is 18.8 Å². The zero-order chi connectivity index (χ0) is 23.2. The summed E-state index contributed by atoms with van der Waals surface area (Å²) >= 11 is 0. The fraction of sp³-hybridized carbons (Fsp3) is 0.348. The van der Waals surface area contributed by atoms with Gasteiger partial charge in [-0.1, -0.05) is 0 Å². The molecule has 1 saturated carbocycles. The van der Waals surface area contributed by atoms with Crippen LogP contribution >= 0.6 is 0 Å². The average molecular weight is 449 g/mol. The summed E-state index contributed by atoms with van der Waals surface area (Å²) in [5.74, 6) is -4.21. The molecular formula is C23H21F2N7O. The summed E-state index contributed by atoms with van der Waals surface area (Å²) in [6.07, 6.45) is 8.58. The minimum atomic E-state index is -2.89. The molecule has 8 nitrogen and oxygen atoms in total. The van der Waals surface area contributed by atoms with E-state index in [1.165, 1.54) is 4.90 Å². The summed E-state index contributed by atoms with van der Waals surface area (Å²) in [6, 6.07) is 7.76. The molecule has 0 unspecified atom stereocenters. The van der Waals surface area contributed by atoms with E-state index in [-0.39, 0.29) is 25.9 Å². The Labute approximate surface area is 188 Å². The predicted molar refractivity (Wildman–Crippen MR) is 116 cm³/mol. The van der Waals surface area contributed by atoms with Crippen molar-refractivity contribution in [2.24, 2.45) is 5.92 Å². The maximum atomic E-state index is 13.3. The van der Waals surface area contributed by atoms with Gasteiger partial charge in [-0.3, -0.25) is 9.78 Å². The van der Waals surface area contributed by atoms with Crippen molar-refractivity contribution in [1.82, 2.24) is 24.4 Å². The molecule has 1 atom stereocenters. The van der Waals surface area contributed by atoms with Crippen molar-refractivity contribution in [2.75, 3.05) is 18.4 Å². The highest BCUT2D eigenvalue weighted by Crippen LogP contribution is 2.51. The van der Waals surface area contributed by atoms with Gasteiger partial charge in [-0.15, -0.1) is 0 Å². The highest BCUT2D eigenvalue weighted by molar-refractivity contribution is 5.84. The first-order valence-electron chi connectivity index (χ1n) is 10.5. The lowest BCUT2D eigenvalue weighted by Crippen LogP contribution is -2.64. The number of aryl methyl sites for hydroxylation is 1. The van der Waals surface area contributed by atoms with Crippen molar-refractivity contribution in [2.45, 2.75) is 31.2 Å². The van der Waals surface area contributed by atoms with E-state index in [2.05, 4.69) is 26.3 Å². The fourth-order valence-electron chi connectivity index (χ4n) is 4.21. The molecule has 0 radical (unpaired) electrons. The van der Waals surface area contributed by atoms with E-state index in [0.717, 1.165) is 16.8 Å². The van der Waals surface area contributed by atoms with Crippen molar-refractivity contribution in [3.63, 3.8) is 0 Å². The maximum absolute atomic E-state index is 13.3. The quantitative estimate of drug-likeness (QED) is 0.618. The first-order valence-corrected chi connectivity index (χ1v) is 10.5. The van der Waals surface area contributed by atoms with E-state index in [4.69, 9.17) is 0 Å². The van der Waals surface area contributed by atoms with Crippen LogP contribution in [0.15, 0.2) is 49.2 Å². The molecule has 3 aromatic rings. The van der Waals surface area contributed by atoms with Gasteiger partial charge in [0.05, 0.1) is 35.6 Å². The topological polar surface area (TPSA) is 99.7 Å². The summed E-state index contributed by atoms with van der Waals surface area (Å²) in [6.45, 7) is 2.41. The number of halogens is 2. The second-order valence-corrected chi connectivity index (χ2v) is 8.72. The number of alkyl halides is 2. The number of hydrogen-bond acceptors (Lipinski definition) is 6. The molecule has 10 heteroatoms. The van der Waals surface area contributed by atoms with E-state index >= 15 is 0 Å². The number of hydrogen-bond donors (Lipinski definition) is 1. The highest BCUT2D eigenvalue weighted by Gasteiger charge is 2.64. The first-order chi connectivity index (χ1) is 15.8. The average Bonchev–Trinajstić information content (AvgIpc) is 3.16. The van der Waals surface area contributed by atoms with Gasteiger partial charge in [-0.05, 0) is 30.7 Å². The van der Waals surface area contributed by atoms with E-state index in [1.807, 2.05) is 36.0 Å². The second kappa shape index (κ2) is 7.62. The predicted octanol–water partition coefficient (Wildman–Crippen LogP) is 3.50. The number of aromatic nitrogens is 4. The Morgan fingerprint density at radius 1 is 1.33 bits per heavy atom. The number of nitriles is 1. The zero-order valence-electron chi connectivity index (χ0n) is 17.9. The number of nitrogens with one attached hydrogen (secondary N) is 1. The van der Waals surface area contributed by atoms with Crippen LogP contribution < -0.4 is 5.32 Å². The van der Waals surface area contributed by atoms with E-state index in [0.29, 0.717) is 11.6 Å². The van der Waals surface area contributed by atoms with Crippen molar-refractivity contribution in [1.29, 1.82) is 5.26 Å². The Morgan fingerprint density at radius 2 is 2.12 bits per heavy atom. The number of nitrogens with zero attached hydrogens (tertiary/aromatic N) is 6. The third kappa shape index (κ3) is 3.91. The van der Waals surface area contributed by atoms with Gasteiger partial charge < -0.3 is 14.8 Å². The summed E-state index contributed by atoms with van der Waals surface area (Å²) in [5.41, 5.74) is 2.66. The molecule has 4 heterocycles. The molecule has 3 aromatic heterocycles. The Balaban J connectivity index is 1.33. The number of amides is 1. The lowest BCUT2D eigenvalue weighted by atomic mass is 9.86. The molecule has 5 rings (SSSR count). The molecule has 33 heavy (non-hydrogen) atoms. The van der Waals surface area contributed by atoms with Gasteiger partial charge in [0.15, 0.2) is 0 Å². The molecule has 0 spiro atoms. The van der Waals surface area contributed by atoms with Crippen LogP contribution in [0.25, 0.3) is 11.3 Å². The normalized spacial score (nSPS) is 19.9. The molecule has 1 saturated heterocycles. The zero-order valence-corrected chi connectivity index (χ0v) is 17.9. The minimum absolute atomic E-state index is 0.170.